The highest BCUT2D eigenvalue weighted by Crippen LogP contribution is 2.45. The molecular formula is C18H27N3O3. The van der Waals surface area contributed by atoms with Gasteiger partial charge in [-0.1, -0.05) is 6.08 Å². The van der Waals surface area contributed by atoms with Gasteiger partial charge < -0.3 is 14.7 Å². The van der Waals surface area contributed by atoms with Gasteiger partial charge in [0.1, 0.15) is 5.60 Å². The molecule has 1 saturated carbocycles. The van der Waals surface area contributed by atoms with Crippen molar-refractivity contribution in [1.29, 1.82) is 0 Å². The van der Waals surface area contributed by atoms with Crippen molar-refractivity contribution in [1.82, 2.24) is 14.7 Å². The van der Waals surface area contributed by atoms with Crippen LogP contribution in [0.15, 0.2) is 12.3 Å². The van der Waals surface area contributed by atoms with Crippen molar-refractivity contribution >= 4 is 11.7 Å². The molecule has 1 aliphatic carbocycles. The summed E-state index contributed by atoms with van der Waals surface area (Å²) in [4.78, 5) is 13.9. The number of hydrogen-bond acceptors (Lipinski definition) is 4. The van der Waals surface area contributed by atoms with Crippen LogP contribution in [0, 0.1) is 6.92 Å². The largest absolute Gasteiger partial charge is 0.444 e. The number of aromatic nitrogens is 2. The minimum atomic E-state index is -0.476. The standard InChI is InChI=1S/C18H27N3O3/c1-13-11-19-21(18(12-22)7-8-18)15(13)14-5-9-20(10-6-14)16(23)24-17(2,3)4/h5,11,22H,6-10,12H2,1-4H3. The van der Waals surface area contributed by atoms with E-state index in [9.17, 15) is 9.90 Å². The normalized spacial score (nSPS) is 19.9. The van der Waals surface area contributed by atoms with Crippen LogP contribution in [0.25, 0.3) is 5.57 Å². The fraction of sp³-hybridized carbons (Fsp3) is 0.667. The topological polar surface area (TPSA) is 67.6 Å². The van der Waals surface area contributed by atoms with Crippen LogP contribution in [0.5, 0.6) is 0 Å². The molecule has 2 heterocycles. The van der Waals surface area contributed by atoms with Crippen LogP contribution in [0.2, 0.25) is 0 Å². The number of aliphatic hydroxyl groups is 1. The van der Waals surface area contributed by atoms with E-state index in [1.54, 1.807) is 4.90 Å². The van der Waals surface area contributed by atoms with E-state index in [-0.39, 0.29) is 18.2 Å². The van der Waals surface area contributed by atoms with E-state index in [1.807, 2.05) is 38.6 Å². The molecule has 3 rings (SSSR count). The number of amides is 1. The Balaban J connectivity index is 1.77. The molecule has 0 radical (unpaired) electrons. The third-order valence-electron chi connectivity index (χ3n) is 4.69. The molecule has 6 heteroatoms. The van der Waals surface area contributed by atoms with E-state index >= 15 is 0 Å². The second-order valence-electron chi connectivity index (χ2n) is 7.88. The molecule has 1 amide bonds. The first-order valence-electron chi connectivity index (χ1n) is 8.59. The van der Waals surface area contributed by atoms with Gasteiger partial charge in [0.05, 0.1) is 24.0 Å². The summed E-state index contributed by atoms with van der Waals surface area (Å²) < 4.78 is 7.44. The van der Waals surface area contributed by atoms with Crippen molar-refractivity contribution in [2.45, 2.75) is 58.1 Å². The molecule has 0 aromatic carbocycles. The molecule has 132 valence electrons. The van der Waals surface area contributed by atoms with Crippen LogP contribution in [0.1, 0.15) is 51.3 Å². The lowest BCUT2D eigenvalue weighted by atomic mass is 10.0. The summed E-state index contributed by atoms with van der Waals surface area (Å²) in [5.74, 6) is 0. The van der Waals surface area contributed by atoms with Crippen LogP contribution >= 0.6 is 0 Å². The van der Waals surface area contributed by atoms with Gasteiger partial charge in [-0.3, -0.25) is 4.68 Å². The second-order valence-corrected chi connectivity index (χ2v) is 7.88. The van der Waals surface area contributed by atoms with Crippen molar-refractivity contribution in [3.8, 4) is 0 Å². The van der Waals surface area contributed by atoms with Crippen LogP contribution < -0.4 is 0 Å². The van der Waals surface area contributed by atoms with Gasteiger partial charge in [-0.25, -0.2) is 4.79 Å². The zero-order valence-corrected chi connectivity index (χ0v) is 15.0. The molecule has 0 saturated heterocycles. The zero-order chi connectivity index (χ0) is 17.5. The highest BCUT2D eigenvalue weighted by molar-refractivity contribution is 5.72. The van der Waals surface area contributed by atoms with Gasteiger partial charge in [0.25, 0.3) is 0 Å². The van der Waals surface area contributed by atoms with Crippen molar-refractivity contribution < 1.29 is 14.6 Å². The molecule has 1 N–H and O–H groups in total. The minimum Gasteiger partial charge on any atom is -0.444 e. The summed E-state index contributed by atoms with van der Waals surface area (Å²) in [6, 6.07) is 0. The Morgan fingerprint density at radius 2 is 2.12 bits per heavy atom. The predicted molar refractivity (Wildman–Crippen MR) is 91.7 cm³/mol. The highest BCUT2D eigenvalue weighted by atomic mass is 16.6. The van der Waals surface area contributed by atoms with Crippen LogP contribution in [0.3, 0.4) is 0 Å². The average molecular weight is 333 g/mol. The Kier molecular flexibility index (Phi) is 4.20. The predicted octanol–water partition coefficient (Wildman–Crippen LogP) is 2.70. The number of ether oxygens (including phenoxy) is 1. The molecule has 2 aliphatic rings. The molecule has 1 aromatic heterocycles. The Labute approximate surface area is 143 Å². The smallest absolute Gasteiger partial charge is 0.410 e. The van der Waals surface area contributed by atoms with Gasteiger partial charge in [0.15, 0.2) is 0 Å². The molecule has 0 spiro atoms. The maximum absolute atomic E-state index is 12.2. The molecule has 0 unspecified atom stereocenters. The molecule has 0 bridgehead atoms. The minimum absolute atomic E-state index is 0.123. The van der Waals surface area contributed by atoms with E-state index in [0.29, 0.717) is 13.1 Å². The Morgan fingerprint density at radius 1 is 1.42 bits per heavy atom. The summed E-state index contributed by atoms with van der Waals surface area (Å²) in [5, 5.41) is 14.2. The van der Waals surface area contributed by atoms with E-state index in [2.05, 4.69) is 11.2 Å². The first-order chi connectivity index (χ1) is 11.3. The number of nitrogens with zero attached hydrogens (tertiary/aromatic N) is 3. The monoisotopic (exact) mass is 333 g/mol. The van der Waals surface area contributed by atoms with Crippen LogP contribution in [-0.4, -0.2) is 51.2 Å². The summed E-state index contributed by atoms with van der Waals surface area (Å²) in [7, 11) is 0. The number of carbonyl (C=O) groups excluding carboxylic acids is 1. The summed E-state index contributed by atoms with van der Waals surface area (Å²) >= 11 is 0. The van der Waals surface area contributed by atoms with E-state index < -0.39 is 5.60 Å². The van der Waals surface area contributed by atoms with Crippen molar-refractivity contribution in [2.24, 2.45) is 0 Å². The molecule has 24 heavy (non-hydrogen) atoms. The molecule has 0 atom stereocenters. The maximum atomic E-state index is 12.2. The van der Waals surface area contributed by atoms with Crippen molar-refractivity contribution in [2.75, 3.05) is 19.7 Å². The zero-order valence-electron chi connectivity index (χ0n) is 15.0. The fourth-order valence-electron chi connectivity index (χ4n) is 3.14. The molecule has 1 aliphatic heterocycles. The Bertz CT molecular complexity index is 666. The van der Waals surface area contributed by atoms with E-state index in [1.165, 1.54) is 5.57 Å². The van der Waals surface area contributed by atoms with Gasteiger partial charge in [-0.15, -0.1) is 0 Å². The van der Waals surface area contributed by atoms with Gasteiger partial charge in [-0.05, 0) is 58.1 Å². The lowest BCUT2D eigenvalue weighted by Gasteiger charge is -2.30. The lowest BCUT2D eigenvalue weighted by Crippen LogP contribution is -2.39. The number of hydrogen-bond donors (Lipinski definition) is 1. The number of carbonyl (C=O) groups is 1. The summed E-state index contributed by atoms with van der Waals surface area (Å²) in [6.07, 6.45) is 6.39. The quantitative estimate of drug-likeness (QED) is 0.923. The number of aliphatic hydroxyl groups excluding tert-OH is 1. The maximum Gasteiger partial charge on any atom is 0.410 e. The van der Waals surface area contributed by atoms with E-state index in [0.717, 1.165) is 30.5 Å². The van der Waals surface area contributed by atoms with Gasteiger partial charge in [0.2, 0.25) is 0 Å². The van der Waals surface area contributed by atoms with Crippen molar-refractivity contribution in [3.63, 3.8) is 0 Å². The molecule has 1 aromatic rings. The van der Waals surface area contributed by atoms with Crippen molar-refractivity contribution in [3.05, 3.63) is 23.5 Å². The fourth-order valence-corrected chi connectivity index (χ4v) is 3.14. The van der Waals surface area contributed by atoms with Crippen LogP contribution in [-0.2, 0) is 10.3 Å². The van der Waals surface area contributed by atoms with E-state index in [4.69, 9.17) is 4.74 Å². The third-order valence-corrected chi connectivity index (χ3v) is 4.69. The first-order valence-corrected chi connectivity index (χ1v) is 8.59. The number of rotatable bonds is 3. The SMILES string of the molecule is Cc1cnn(C2(CO)CC2)c1C1=CCN(C(=O)OC(C)(C)C)CC1. The molecular weight excluding hydrogens is 306 g/mol. The lowest BCUT2D eigenvalue weighted by molar-refractivity contribution is 0.0270. The number of aryl methyl sites for hydroxylation is 1. The van der Waals surface area contributed by atoms with Gasteiger partial charge in [-0.2, -0.15) is 5.10 Å². The Morgan fingerprint density at radius 3 is 2.62 bits per heavy atom. The summed E-state index contributed by atoms with van der Waals surface area (Å²) in [6.45, 7) is 8.98. The first kappa shape index (κ1) is 17.0. The Hall–Kier alpha value is -1.82. The molecule has 1 fully saturated rings. The van der Waals surface area contributed by atoms with Gasteiger partial charge >= 0.3 is 6.09 Å². The molecule has 6 nitrogen and oxygen atoms in total. The third kappa shape index (κ3) is 3.20. The second kappa shape index (κ2) is 5.92. The van der Waals surface area contributed by atoms with Crippen LogP contribution in [0.4, 0.5) is 4.79 Å². The average Bonchev–Trinajstić information content (AvgIpc) is 3.22. The van der Waals surface area contributed by atoms with Gasteiger partial charge in [0, 0.05) is 13.1 Å². The summed E-state index contributed by atoms with van der Waals surface area (Å²) in [5.41, 5.74) is 2.73. The highest BCUT2D eigenvalue weighted by Gasteiger charge is 2.46.